The molecular weight excluding hydrogens is 580 g/mol. The normalized spacial score (nSPS) is 15.6. The van der Waals surface area contributed by atoms with Crippen molar-refractivity contribution in [1.29, 1.82) is 0 Å². The number of anilines is 6. The van der Waals surface area contributed by atoms with Crippen LogP contribution in [0.15, 0.2) is 55.0 Å². The fraction of sp³-hybridized carbons (Fsp3) is 0.321. The number of aromatic nitrogens is 4. The lowest BCUT2D eigenvalue weighted by atomic mass is 9.77. The van der Waals surface area contributed by atoms with E-state index in [1.807, 2.05) is 31.6 Å². The summed E-state index contributed by atoms with van der Waals surface area (Å²) >= 11 is 6.46. The smallest absolute Gasteiger partial charge is 0.232 e. The molecule has 2 aliphatic heterocycles. The Morgan fingerprint density at radius 2 is 1.88 bits per heavy atom. The van der Waals surface area contributed by atoms with Gasteiger partial charge in [0.15, 0.2) is 5.82 Å². The van der Waals surface area contributed by atoms with Crippen LogP contribution in [0.2, 0.25) is 5.02 Å². The summed E-state index contributed by atoms with van der Waals surface area (Å²) < 4.78 is 38.6. The molecule has 0 saturated carbocycles. The van der Waals surface area contributed by atoms with Crippen LogP contribution in [0.5, 0.6) is 5.75 Å². The van der Waals surface area contributed by atoms with Crippen molar-refractivity contribution in [2.24, 2.45) is 12.5 Å². The average Bonchev–Trinajstić information content (AvgIpc) is 3.34. The first-order chi connectivity index (χ1) is 20.0. The Labute approximate surface area is 249 Å². The van der Waals surface area contributed by atoms with Crippen LogP contribution in [0, 0.1) is 5.41 Å². The number of nitrogens with zero attached hydrogens (tertiary/aromatic N) is 6. The molecule has 4 heterocycles. The van der Waals surface area contributed by atoms with E-state index in [0.29, 0.717) is 28.6 Å². The summed E-state index contributed by atoms with van der Waals surface area (Å²) in [5, 5.41) is 11.1. The van der Waals surface area contributed by atoms with Gasteiger partial charge in [0.1, 0.15) is 10.8 Å². The van der Waals surface area contributed by atoms with Gasteiger partial charge in [0.2, 0.25) is 16.0 Å². The molecule has 2 aromatic heterocycles. The van der Waals surface area contributed by atoms with Crippen molar-refractivity contribution >= 4 is 56.1 Å². The predicted octanol–water partition coefficient (Wildman–Crippen LogP) is 4.26. The van der Waals surface area contributed by atoms with Gasteiger partial charge in [-0.15, -0.1) is 0 Å². The first-order valence-electron chi connectivity index (χ1n) is 13.2. The maximum absolute atomic E-state index is 12.2. The minimum absolute atomic E-state index is 0.242. The number of sulfonamides is 1. The van der Waals surface area contributed by atoms with Gasteiger partial charge in [-0.3, -0.25) is 8.99 Å². The van der Waals surface area contributed by atoms with Gasteiger partial charge in [0, 0.05) is 56.3 Å². The van der Waals surface area contributed by atoms with Crippen molar-refractivity contribution in [2.75, 3.05) is 66.6 Å². The van der Waals surface area contributed by atoms with Crippen molar-refractivity contribution in [2.45, 2.75) is 0 Å². The zero-order chi connectivity index (χ0) is 29.6. The molecule has 0 radical (unpaired) electrons. The van der Waals surface area contributed by atoms with E-state index in [1.54, 1.807) is 36.1 Å². The Bertz CT molecular complexity index is 1750. The molecule has 2 aliphatic rings. The Balaban J connectivity index is 1.33. The van der Waals surface area contributed by atoms with E-state index in [2.05, 4.69) is 30.6 Å². The van der Waals surface area contributed by atoms with Crippen molar-refractivity contribution in [3.8, 4) is 16.9 Å². The average molecular weight is 611 g/mol. The third-order valence-electron chi connectivity index (χ3n) is 7.53. The van der Waals surface area contributed by atoms with E-state index in [9.17, 15) is 8.42 Å². The molecule has 0 unspecified atom stereocenters. The predicted molar refractivity (Wildman–Crippen MR) is 164 cm³/mol. The van der Waals surface area contributed by atoms with Gasteiger partial charge in [0.05, 0.1) is 61.5 Å². The standard InChI is InChI=1S/C28H31ClN8O4S/c1-35-13-18(11-31-35)19-9-22(25(40-3)10-24(19)37-14-28(15-37)16-41-17-28)33-27-30-12-20(29)26(34-27)32-21-7-5-6-8-23(21)36(2)42(4,38)39/h5-13H,14-17H2,1-4H3,(H2,30,32,33,34). The number of hydrogen-bond acceptors (Lipinski definition) is 10. The summed E-state index contributed by atoms with van der Waals surface area (Å²) in [5.74, 6) is 1.20. The number of nitrogens with one attached hydrogen (secondary N) is 2. The molecule has 2 fully saturated rings. The number of methoxy groups -OCH3 is 1. The summed E-state index contributed by atoms with van der Waals surface area (Å²) in [7, 11) is 1.51. The molecular formula is C28H31ClN8O4S. The highest BCUT2D eigenvalue weighted by Gasteiger charge is 2.49. The fourth-order valence-electron chi connectivity index (χ4n) is 5.19. The second-order valence-electron chi connectivity index (χ2n) is 10.7. The molecule has 42 heavy (non-hydrogen) atoms. The van der Waals surface area contributed by atoms with Crippen LogP contribution in [0.4, 0.5) is 34.5 Å². The number of hydrogen-bond donors (Lipinski definition) is 2. The molecule has 0 amide bonds. The van der Waals surface area contributed by atoms with Crippen molar-refractivity contribution in [3.63, 3.8) is 0 Å². The second-order valence-corrected chi connectivity index (χ2v) is 13.1. The molecule has 0 aliphatic carbocycles. The molecule has 12 nitrogen and oxygen atoms in total. The Morgan fingerprint density at radius 3 is 2.52 bits per heavy atom. The van der Waals surface area contributed by atoms with Crippen LogP contribution in [0.25, 0.3) is 11.1 Å². The number of para-hydroxylation sites is 2. The maximum Gasteiger partial charge on any atom is 0.232 e. The minimum atomic E-state index is -3.49. The molecule has 1 spiro atoms. The highest BCUT2D eigenvalue weighted by Crippen LogP contribution is 2.46. The molecule has 6 rings (SSSR count). The topological polar surface area (TPSA) is 127 Å². The molecule has 220 valence electrons. The summed E-state index contributed by atoms with van der Waals surface area (Å²) in [6.07, 6.45) is 6.43. The van der Waals surface area contributed by atoms with Crippen LogP contribution in [-0.2, 0) is 21.8 Å². The maximum atomic E-state index is 12.2. The first kappa shape index (κ1) is 28.1. The fourth-order valence-corrected chi connectivity index (χ4v) is 5.85. The summed E-state index contributed by atoms with van der Waals surface area (Å²) in [5.41, 5.74) is 4.88. The van der Waals surface area contributed by atoms with Crippen LogP contribution in [0.3, 0.4) is 0 Å². The van der Waals surface area contributed by atoms with E-state index >= 15 is 0 Å². The van der Waals surface area contributed by atoms with Gasteiger partial charge in [-0.05, 0) is 18.2 Å². The van der Waals surface area contributed by atoms with Crippen LogP contribution in [-0.4, -0.2) is 74.9 Å². The SMILES string of the molecule is COc1cc(N2CC3(COC3)C2)c(-c2cnn(C)c2)cc1Nc1ncc(Cl)c(Nc2ccccc2N(C)S(C)(=O)=O)n1. The van der Waals surface area contributed by atoms with Gasteiger partial charge in [0.25, 0.3) is 0 Å². The highest BCUT2D eigenvalue weighted by atomic mass is 35.5. The largest absolute Gasteiger partial charge is 0.494 e. The van der Waals surface area contributed by atoms with E-state index < -0.39 is 10.0 Å². The number of rotatable bonds is 9. The van der Waals surface area contributed by atoms with E-state index in [0.717, 1.165) is 49.4 Å². The molecule has 0 bridgehead atoms. The number of ether oxygens (including phenoxy) is 2. The zero-order valence-electron chi connectivity index (χ0n) is 23.6. The summed E-state index contributed by atoms with van der Waals surface area (Å²) in [6, 6.07) is 11.0. The number of aryl methyl sites for hydroxylation is 1. The number of benzene rings is 2. The van der Waals surface area contributed by atoms with Crippen molar-refractivity contribution in [1.82, 2.24) is 19.7 Å². The summed E-state index contributed by atoms with van der Waals surface area (Å²) in [4.78, 5) is 11.3. The monoisotopic (exact) mass is 610 g/mol. The number of halogens is 1. The lowest BCUT2D eigenvalue weighted by molar-refractivity contribution is -0.127. The van der Waals surface area contributed by atoms with Crippen molar-refractivity contribution < 1.29 is 17.9 Å². The lowest BCUT2D eigenvalue weighted by Crippen LogP contribution is -2.66. The highest BCUT2D eigenvalue weighted by molar-refractivity contribution is 7.92. The van der Waals surface area contributed by atoms with Crippen LogP contribution >= 0.6 is 11.6 Å². The van der Waals surface area contributed by atoms with Gasteiger partial charge in [-0.25, -0.2) is 13.4 Å². The molecule has 2 aromatic carbocycles. The third-order valence-corrected chi connectivity index (χ3v) is 9.00. The van der Waals surface area contributed by atoms with Gasteiger partial charge >= 0.3 is 0 Å². The van der Waals surface area contributed by atoms with Crippen LogP contribution < -0.4 is 24.6 Å². The van der Waals surface area contributed by atoms with Crippen molar-refractivity contribution in [3.05, 3.63) is 60.0 Å². The minimum Gasteiger partial charge on any atom is -0.494 e. The molecule has 0 atom stereocenters. The Kier molecular flexibility index (Phi) is 7.11. The first-order valence-corrected chi connectivity index (χ1v) is 15.4. The Hall–Kier alpha value is -4.07. The quantitative estimate of drug-likeness (QED) is 0.284. The molecule has 2 N–H and O–H groups in total. The molecule has 2 saturated heterocycles. The lowest BCUT2D eigenvalue weighted by Gasteiger charge is -2.56. The van der Waals surface area contributed by atoms with Gasteiger partial charge in [-0.1, -0.05) is 23.7 Å². The zero-order valence-corrected chi connectivity index (χ0v) is 25.2. The van der Waals surface area contributed by atoms with Crippen LogP contribution in [0.1, 0.15) is 0 Å². The summed E-state index contributed by atoms with van der Waals surface area (Å²) in [6.45, 7) is 3.42. The van der Waals surface area contributed by atoms with E-state index in [-0.39, 0.29) is 16.4 Å². The third kappa shape index (κ3) is 5.30. The van der Waals surface area contributed by atoms with E-state index in [4.69, 9.17) is 21.1 Å². The molecule has 14 heteroatoms. The Morgan fingerprint density at radius 1 is 1.12 bits per heavy atom. The van der Waals surface area contributed by atoms with E-state index in [1.165, 1.54) is 17.5 Å². The molecule has 4 aromatic rings. The second kappa shape index (κ2) is 10.6. The van der Waals surface area contributed by atoms with Gasteiger partial charge < -0.3 is 25.0 Å². The van der Waals surface area contributed by atoms with Gasteiger partial charge in [-0.2, -0.15) is 10.1 Å².